The van der Waals surface area contributed by atoms with Crippen LogP contribution in [-0.2, 0) is 17.1 Å². The quantitative estimate of drug-likeness (QED) is 0.708. The Hall–Kier alpha value is -3.04. The van der Waals surface area contributed by atoms with Gasteiger partial charge >= 0.3 is 0 Å². The number of nitrogens with one attached hydrogen (secondary N) is 1. The van der Waals surface area contributed by atoms with Gasteiger partial charge in [-0.15, -0.1) is 0 Å². The molecule has 0 aliphatic carbocycles. The van der Waals surface area contributed by atoms with Gasteiger partial charge in [0.1, 0.15) is 0 Å². The van der Waals surface area contributed by atoms with E-state index in [0.29, 0.717) is 22.8 Å². The Morgan fingerprint density at radius 3 is 2.64 bits per heavy atom. The van der Waals surface area contributed by atoms with Gasteiger partial charge in [0.15, 0.2) is 11.5 Å². The van der Waals surface area contributed by atoms with Gasteiger partial charge in [-0.05, 0) is 37.4 Å². The molecule has 28 heavy (non-hydrogen) atoms. The zero-order valence-corrected chi connectivity index (χ0v) is 16.5. The monoisotopic (exact) mass is 400 g/mol. The second-order valence-electron chi connectivity index (χ2n) is 6.41. The number of aryl methyl sites for hydroxylation is 1. The van der Waals surface area contributed by atoms with Crippen LogP contribution in [0.3, 0.4) is 0 Å². The molecule has 0 unspecified atom stereocenters. The zero-order valence-electron chi connectivity index (χ0n) is 15.7. The lowest BCUT2D eigenvalue weighted by Gasteiger charge is -2.23. The van der Waals surface area contributed by atoms with Gasteiger partial charge in [-0.25, -0.2) is 18.1 Å². The number of hydrogen-bond donors (Lipinski definition) is 1. The lowest BCUT2D eigenvalue weighted by molar-refractivity contribution is 0.174. The minimum absolute atomic E-state index is 0.179. The summed E-state index contributed by atoms with van der Waals surface area (Å²) in [5, 5.41) is 0. The summed E-state index contributed by atoms with van der Waals surface area (Å²) in [6.45, 7) is 0.207. The highest BCUT2D eigenvalue weighted by Gasteiger charge is 2.20. The number of hydrogen-bond acceptors (Lipinski definition) is 6. The molecule has 1 aliphatic rings. The van der Waals surface area contributed by atoms with Crippen molar-refractivity contribution in [3.8, 4) is 22.8 Å². The molecule has 146 valence electrons. The predicted molar refractivity (Wildman–Crippen MR) is 106 cm³/mol. The van der Waals surface area contributed by atoms with Crippen molar-refractivity contribution >= 4 is 21.4 Å². The molecule has 0 saturated carbocycles. The first-order chi connectivity index (χ1) is 13.4. The molecule has 2 heterocycles. The topological polar surface area (TPSA) is 85.7 Å². The van der Waals surface area contributed by atoms with Crippen molar-refractivity contribution in [2.45, 2.75) is 4.90 Å². The Morgan fingerprint density at radius 2 is 1.93 bits per heavy atom. The highest BCUT2D eigenvalue weighted by atomic mass is 32.2. The van der Waals surface area contributed by atoms with Crippen molar-refractivity contribution < 1.29 is 17.9 Å². The van der Waals surface area contributed by atoms with Gasteiger partial charge in [0, 0.05) is 37.6 Å². The number of benzene rings is 2. The lowest BCUT2D eigenvalue weighted by Crippen LogP contribution is -2.19. The van der Waals surface area contributed by atoms with Crippen LogP contribution in [0.25, 0.3) is 11.3 Å². The van der Waals surface area contributed by atoms with Crippen molar-refractivity contribution in [1.82, 2.24) is 14.3 Å². The highest BCUT2D eigenvalue weighted by molar-refractivity contribution is 7.89. The number of nitrogens with zero attached hydrogens (tertiary/aromatic N) is 3. The smallest absolute Gasteiger partial charge is 0.240 e. The van der Waals surface area contributed by atoms with Gasteiger partial charge < -0.3 is 18.9 Å². The van der Waals surface area contributed by atoms with Crippen LogP contribution in [0.4, 0.5) is 11.4 Å². The molecule has 3 aromatic rings. The maximum absolute atomic E-state index is 12.3. The first kappa shape index (κ1) is 18.3. The number of ether oxygens (including phenoxy) is 2. The van der Waals surface area contributed by atoms with E-state index in [9.17, 15) is 8.42 Å². The molecule has 0 atom stereocenters. The van der Waals surface area contributed by atoms with E-state index in [1.54, 1.807) is 24.5 Å². The summed E-state index contributed by atoms with van der Waals surface area (Å²) in [6, 6.07) is 10.7. The van der Waals surface area contributed by atoms with E-state index < -0.39 is 10.0 Å². The lowest BCUT2D eigenvalue weighted by atomic mass is 10.1. The third-order valence-corrected chi connectivity index (χ3v) is 6.04. The zero-order chi connectivity index (χ0) is 19.9. The molecule has 0 spiro atoms. The third kappa shape index (κ3) is 3.19. The minimum atomic E-state index is -3.58. The van der Waals surface area contributed by atoms with Crippen LogP contribution in [0.15, 0.2) is 53.8 Å². The molecule has 0 radical (unpaired) electrons. The van der Waals surface area contributed by atoms with Crippen LogP contribution < -0.4 is 19.1 Å². The van der Waals surface area contributed by atoms with Gasteiger partial charge in [0.05, 0.1) is 22.6 Å². The second-order valence-corrected chi connectivity index (χ2v) is 8.29. The van der Waals surface area contributed by atoms with Crippen molar-refractivity contribution in [3.05, 3.63) is 48.9 Å². The average molecular weight is 400 g/mol. The van der Waals surface area contributed by atoms with Gasteiger partial charge in [0.2, 0.25) is 16.8 Å². The van der Waals surface area contributed by atoms with Crippen LogP contribution in [0.5, 0.6) is 11.5 Å². The molecule has 2 aromatic carbocycles. The van der Waals surface area contributed by atoms with E-state index in [1.165, 1.54) is 7.05 Å². The number of fused-ring (bicyclic) bond motifs is 1. The maximum Gasteiger partial charge on any atom is 0.240 e. The first-order valence-electron chi connectivity index (χ1n) is 8.58. The van der Waals surface area contributed by atoms with Gasteiger partial charge in [0.25, 0.3) is 0 Å². The van der Waals surface area contributed by atoms with Gasteiger partial charge in [-0.1, -0.05) is 0 Å². The summed E-state index contributed by atoms with van der Waals surface area (Å²) in [5.74, 6) is 1.38. The normalized spacial score (nSPS) is 13.0. The second kappa shape index (κ2) is 6.84. The Kier molecular flexibility index (Phi) is 4.48. The number of anilines is 2. The summed E-state index contributed by atoms with van der Waals surface area (Å²) >= 11 is 0. The molecule has 1 N–H and O–H groups in total. The molecule has 0 amide bonds. The Labute approximate surface area is 163 Å². The fourth-order valence-corrected chi connectivity index (χ4v) is 3.84. The summed E-state index contributed by atoms with van der Waals surface area (Å²) in [5.41, 5.74) is 3.08. The highest BCUT2D eigenvalue weighted by Crippen LogP contribution is 2.40. The molecule has 1 aromatic heterocycles. The molecule has 0 bridgehead atoms. The number of aromatic nitrogens is 2. The molecule has 9 heteroatoms. The van der Waals surface area contributed by atoms with Crippen molar-refractivity contribution in [1.29, 1.82) is 0 Å². The van der Waals surface area contributed by atoms with Crippen LogP contribution in [0, 0.1) is 0 Å². The average Bonchev–Trinajstić information content (AvgIpc) is 3.35. The number of rotatable bonds is 5. The molecule has 1 aliphatic heterocycles. The molecule has 0 fully saturated rings. The van der Waals surface area contributed by atoms with E-state index in [2.05, 4.69) is 9.71 Å². The summed E-state index contributed by atoms with van der Waals surface area (Å²) < 4.78 is 39.6. The summed E-state index contributed by atoms with van der Waals surface area (Å²) in [6.07, 6.45) is 3.53. The van der Waals surface area contributed by atoms with E-state index in [0.717, 1.165) is 11.4 Å². The van der Waals surface area contributed by atoms with E-state index in [1.807, 2.05) is 48.0 Å². The van der Waals surface area contributed by atoms with E-state index in [4.69, 9.17) is 9.47 Å². The fraction of sp³-hybridized carbons (Fsp3) is 0.211. The summed E-state index contributed by atoms with van der Waals surface area (Å²) in [7, 11) is 1.59. The Balaban J connectivity index is 1.83. The summed E-state index contributed by atoms with van der Waals surface area (Å²) in [4.78, 5) is 6.55. The number of imidazole rings is 1. The van der Waals surface area contributed by atoms with Crippen molar-refractivity contribution in [2.24, 2.45) is 7.05 Å². The van der Waals surface area contributed by atoms with E-state index in [-0.39, 0.29) is 11.7 Å². The molecular weight excluding hydrogens is 380 g/mol. The molecule has 0 saturated heterocycles. The predicted octanol–water partition coefficient (Wildman–Crippen LogP) is 2.49. The van der Waals surface area contributed by atoms with Crippen molar-refractivity contribution in [3.63, 3.8) is 0 Å². The molecular formula is C19H20N4O4S. The molecule has 8 nitrogen and oxygen atoms in total. The van der Waals surface area contributed by atoms with Gasteiger partial charge in [-0.3, -0.25) is 0 Å². The minimum Gasteiger partial charge on any atom is -0.454 e. The van der Waals surface area contributed by atoms with Crippen LogP contribution >= 0.6 is 0 Å². The van der Waals surface area contributed by atoms with E-state index >= 15 is 0 Å². The van der Waals surface area contributed by atoms with Crippen LogP contribution in [-0.4, -0.2) is 38.9 Å². The van der Waals surface area contributed by atoms with Crippen LogP contribution in [0.1, 0.15) is 0 Å². The van der Waals surface area contributed by atoms with Crippen molar-refractivity contribution in [2.75, 3.05) is 25.8 Å². The third-order valence-electron chi connectivity index (χ3n) is 4.63. The maximum atomic E-state index is 12.3. The van der Waals surface area contributed by atoms with Crippen LogP contribution in [0.2, 0.25) is 0 Å². The SMILES string of the molecule is CNS(=O)(=O)c1ccc(N(C)c2ccc3c(c2)OCO3)c(-c2cn(C)cn2)c1. The number of sulfonamides is 1. The first-order valence-corrected chi connectivity index (χ1v) is 10.1. The largest absolute Gasteiger partial charge is 0.454 e. The molecule has 4 rings (SSSR count). The standard InChI is InChI=1S/C19H20N4O4S/c1-20-28(24,25)14-5-6-17(15(9-14)16-10-22(2)11-21-16)23(3)13-4-7-18-19(8-13)27-12-26-18/h4-11,20H,12H2,1-3H3. The Bertz CT molecular complexity index is 1140. The van der Waals surface area contributed by atoms with Gasteiger partial charge in [-0.2, -0.15) is 0 Å². The fourth-order valence-electron chi connectivity index (χ4n) is 3.08. The Morgan fingerprint density at radius 1 is 1.14 bits per heavy atom.